The zero-order valence-corrected chi connectivity index (χ0v) is 21.5. The monoisotopic (exact) mass is 534 g/mol. The Morgan fingerprint density at radius 1 is 1.16 bits per heavy atom. The topological polar surface area (TPSA) is 64.8 Å². The summed E-state index contributed by atoms with van der Waals surface area (Å²) >= 11 is 1.77. The lowest BCUT2D eigenvalue weighted by Gasteiger charge is -2.33. The van der Waals surface area contributed by atoms with Crippen molar-refractivity contribution < 1.29 is 31.9 Å². The van der Waals surface area contributed by atoms with E-state index in [1.54, 1.807) is 18.7 Å². The van der Waals surface area contributed by atoms with E-state index >= 15 is 0 Å². The first-order chi connectivity index (χ1) is 17.7. The summed E-state index contributed by atoms with van der Waals surface area (Å²) in [5, 5.41) is 0. The van der Waals surface area contributed by atoms with Crippen LogP contribution in [0.2, 0.25) is 0 Å². The third kappa shape index (κ3) is 7.07. The van der Waals surface area contributed by atoms with Gasteiger partial charge in [0.05, 0.1) is 24.5 Å². The van der Waals surface area contributed by atoms with E-state index in [4.69, 9.17) is 13.9 Å². The highest BCUT2D eigenvalue weighted by atomic mass is 32.2. The molecule has 1 aromatic heterocycles. The molecule has 0 spiro atoms. The molecule has 0 saturated carbocycles. The Morgan fingerprint density at radius 2 is 1.89 bits per heavy atom. The number of alkyl halides is 3. The number of carbonyl (C=O) groups excluding carboxylic acids is 1. The number of rotatable bonds is 9. The van der Waals surface area contributed by atoms with Crippen LogP contribution < -0.4 is 4.74 Å². The van der Waals surface area contributed by atoms with Gasteiger partial charge in [-0.3, -0.25) is 9.69 Å². The average molecular weight is 535 g/mol. The number of hydrogen-bond donors (Lipinski definition) is 0. The van der Waals surface area contributed by atoms with Gasteiger partial charge < -0.3 is 13.9 Å². The van der Waals surface area contributed by atoms with Crippen molar-refractivity contribution in [3.63, 3.8) is 0 Å². The first-order valence-corrected chi connectivity index (χ1v) is 13.2. The molecule has 3 aromatic rings. The van der Waals surface area contributed by atoms with Crippen LogP contribution >= 0.6 is 11.8 Å². The Morgan fingerprint density at radius 3 is 2.57 bits per heavy atom. The van der Waals surface area contributed by atoms with Crippen molar-refractivity contribution in [1.82, 2.24) is 9.88 Å². The Hall–Kier alpha value is -2.98. The summed E-state index contributed by atoms with van der Waals surface area (Å²) in [6.07, 6.45) is -3.89. The van der Waals surface area contributed by atoms with Crippen LogP contribution in [-0.2, 0) is 28.7 Å². The summed E-state index contributed by atoms with van der Waals surface area (Å²) in [6, 6.07) is 12.3. The second-order valence-electron chi connectivity index (χ2n) is 8.65. The highest BCUT2D eigenvalue weighted by molar-refractivity contribution is 7.99. The normalized spacial score (nSPS) is 16.5. The Bertz CT molecular complexity index is 1180. The van der Waals surface area contributed by atoms with Gasteiger partial charge in [0.2, 0.25) is 5.89 Å². The van der Waals surface area contributed by atoms with E-state index in [0.29, 0.717) is 48.9 Å². The van der Waals surface area contributed by atoms with Crippen molar-refractivity contribution in [2.75, 3.05) is 31.3 Å². The van der Waals surface area contributed by atoms with Crippen molar-refractivity contribution in [2.45, 2.75) is 39.0 Å². The molecule has 2 aromatic carbocycles. The third-order valence-corrected chi connectivity index (χ3v) is 7.09. The summed E-state index contributed by atoms with van der Waals surface area (Å²) in [5.41, 5.74) is 1.55. The minimum atomic E-state index is -4.39. The van der Waals surface area contributed by atoms with Gasteiger partial charge in [0.1, 0.15) is 17.6 Å². The van der Waals surface area contributed by atoms with E-state index in [2.05, 4.69) is 9.88 Å². The quantitative estimate of drug-likeness (QED) is 0.323. The van der Waals surface area contributed by atoms with Crippen molar-refractivity contribution in [3.8, 4) is 17.2 Å². The predicted octanol–water partition coefficient (Wildman–Crippen LogP) is 5.77. The van der Waals surface area contributed by atoms with Crippen LogP contribution in [0.1, 0.15) is 29.5 Å². The van der Waals surface area contributed by atoms with E-state index in [9.17, 15) is 18.0 Å². The molecular weight excluding hydrogens is 505 g/mol. The molecule has 10 heteroatoms. The fourth-order valence-corrected chi connectivity index (χ4v) is 5.16. The highest BCUT2D eigenvalue weighted by Gasteiger charge is 2.31. The highest BCUT2D eigenvalue weighted by Crippen LogP contribution is 2.31. The number of aryl methyl sites for hydroxylation is 1. The smallest absolute Gasteiger partial charge is 0.416 e. The SMILES string of the molecule is CCOC(=O)C1CSCCN1Cc1ccc(OCCc2nc(-c3ccc(C(F)(F)F)cc3)oc2C)cc1. The average Bonchev–Trinajstić information content (AvgIpc) is 3.25. The van der Waals surface area contributed by atoms with Crippen LogP contribution in [0.5, 0.6) is 5.75 Å². The summed E-state index contributed by atoms with van der Waals surface area (Å²) in [5.74, 6) is 3.15. The molecule has 0 bridgehead atoms. The number of carbonyl (C=O) groups is 1. The first-order valence-electron chi connectivity index (χ1n) is 12.1. The number of nitrogens with zero attached hydrogens (tertiary/aromatic N) is 2. The number of benzene rings is 2. The third-order valence-electron chi connectivity index (χ3n) is 6.07. The second-order valence-corrected chi connectivity index (χ2v) is 9.80. The van der Waals surface area contributed by atoms with E-state index < -0.39 is 11.7 Å². The number of hydrogen-bond acceptors (Lipinski definition) is 7. The summed E-state index contributed by atoms with van der Waals surface area (Å²) < 4.78 is 55.2. The number of halogens is 3. The molecule has 6 nitrogen and oxygen atoms in total. The van der Waals surface area contributed by atoms with Gasteiger partial charge in [-0.05, 0) is 55.8 Å². The maximum absolute atomic E-state index is 12.8. The van der Waals surface area contributed by atoms with E-state index in [-0.39, 0.29) is 17.9 Å². The number of aromatic nitrogens is 1. The van der Waals surface area contributed by atoms with Crippen LogP contribution in [0.15, 0.2) is 52.9 Å². The standard InChI is InChI=1S/C27H29F3N2O4S/c1-3-34-26(33)24-17-37-15-13-32(24)16-19-4-10-22(11-5-19)35-14-12-23-18(2)36-25(31-23)20-6-8-21(9-7-20)27(28,29)30/h4-11,24H,3,12-17H2,1-2H3. The number of oxazole rings is 1. The van der Waals surface area contributed by atoms with Crippen molar-refractivity contribution in [1.29, 1.82) is 0 Å². The molecule has 0 radical (unpaired) electrons. The molecule has 0 N–H and O–H groups in total. The van der Waals surface area contributed by atoms with Crippen molar-refractivity contribution in [3.05, 3.63) is 71.1 Å². The first kappa shape index (κ1) is 27.1. The number of esters is 1. The van der Waals surface area contributed by atoms with Crippen molar-refractivity contribution >= 4 is 17.7 Å². The second kappa shape index (κ2) is 12.0. The molecule has 1 fully saturated rings. The molecule has 1 saturated heterocycles. The minimum Gasteiger partial charge on any atom is -0.493 e. The zero-order chi connectivity index (χ0) is 26.4. The van der Waals surface area contributed by atoms with E-state index in [1.807, 2.05) is 31.2 Å². The Labute approximate surface area is 218 Å². The van der Waals surface area contributed by atoms with Crippen LogP contribution in [-0.4, -0.2) is 53.2 Å². The lowest BCUT2D eigenvalue weighted by atomic mass is 10.1. The summed E-state index contributed by atoms with van der Waals surface area (Å²) in [7, 11) is 0. The molecule has 4 rings (SSSR count). The van der Waals surface area contributed by atoms with Gasteiger partial charge in [-0.15, -0.1) is 0 Å². The van der Waals surface area contributed by atoms with Crippen LogP contribution in [0.3, 0.4) is 0 Å². The fourth-order valence-electron chi connectivity index (χ4n) is 4.06. The van der Waals surface area contributed by atoms with E-state index in [0.717, 1.165) is 35.7 Å². The van der Waals surface area contributed by atoms with Gasteiger partial charge in [0.25, 0.3) is 0 Å². The van der Waals surface area contributed by atoms with Crippen LogP contribution in [0.25, 0.3) is 11.5 Å². The Kier molecular flexibility index (Phi) is 8.81. The van der Waals surface area contributed by atoms with Gasteiger partial charge in [-0.1, -0.05) is 12.1 Å². The van der Waals surface area contributed by atoms with Gasteiger partial charge in [0, 0.05) is 36.6 Å². The van der Waals surface area contributed by atoms with Crippen LogP contribution in [0, 0.1) is 6.92 Å². The van der Waals surface area contributed by atoms with Gasteiger partial charge >= 0.3 is 12.1 Å². The summed E-state index contributed by atoms with van der Waals surface area (Å²) in [4.78, 5) is 18.9. The number of thioether (sulfide) groups is 1. The summed E-state index contributed by atoms with van der Waals surface area (Å²) in [6.45, 7) is 5.83. The molecule has 1 aliphatic heterocycles. The molecule has 2 heterocycles. The van der Waals surface area contributed by atoms with Gasteiger partial charge in [-0.25, -0.2) is 4.98 Å². The molecule has 0 aliphatic carbocycles. The minimum absolute atomic E-state index is 0.167. The maximum Gasteiger partial charge on any atom is 0.416 e. The molecule has 0 amide bonds. The molecule has 1 aliphatic rings. The lowest BCUT2D eigenvalue weighted by molar-refractivity contribution is -0.149. The molecule has 37 heavy (non-hydrogen) atoms. The Balaban J connectivity index is 1.30. The van der Waals surface area contributed by atoms with Crippen molar-refractivity contribution in [2.24, 2.45) is 0 Å². The molecule has 1 unspecified atom stereocenters. The largest absolute Gasteiger partial charge is 0.493 e. The predicted molar refractivity (Wildman–Crippen MR) is 135 cm³/mol. The maximum atomic E-state index is 12.8. The van der Waals surface area contributed by atoms with Gasteiger partial charge in [-0.2, -0.15) is 24.9 Å². The molecular formula is C27H29F3N2O4S. The fraction of sp³-hybridized carbons (Fsp3) is 0.407. The van der Waals surface area contributed by atoms with E-state index in [1.165, 1.54) is 12.1 Å². The lowest BCUT2D eigenvalue weighted by Crippen LogP contribution is -2.47. The zero-order valence-electron chi connectivity index (χ0n) is 20.7. The van der Waals surface area contributed by atoms with Crippen LogP contribution in [0.4, 0.5) is 13.2 Å². The molecule has 198 valence electrons. The number of ether oxygens (including phenoxy) is 2. The van der Waals surface area contributed by atoms with Gasteiger partial charge in [0.15, 0.2) is 0 Å². The molecule has 1 atom stereocenters.